The van der Waals surface area contributed by atoms with Gasteiger partial charge in [-0.1, -0.05) is 6.42 Å². The van der Waals surface area contributed by atoms with Crippen LogP contribution < -0.4 is 0 Å². The van der Waals surface area contributed by atoms with Crippen LogP contribution in [0.15, 0.2) is 0 Å². The van der Waals surface area contributed by atoms with E-state index in [-0.39, 0.29) is 5.54 Å². The summed E-state index contributed by atoms with van der Waals surface area (Å²) >= 11 is 0. The summed E-state index contributed by atoms with van der Waals surface area (Å²) in [5, 5.41) is 0. The van der Waals surface area contributed by atoms with E-state index in [2.05, 4.69) is 4.90 Å². The number of hydrogen-bond acceptors (Lipinski definition) is 2. The molecule has 0 amide bonds. The van der Waals surface area contributed by atoms with Gasteiger partial charge in [-0.3, -0.25) is 4.90 Å². The number of hydrogen-bond donors (Lipinski definition) is 0. The van der Waals surface area contributed by atoms with Crippen molar-refractivity contribution in [3.05, 3.63) is 0 Å². The maximum Gasteiger partial charge on any atom is 0.139 e. The van der Waals surface area contributed by atoms with Crippen LogP contribution >= 0.6 is 0 Å². The van der Waals surface area contributed by atoms with Crippen LogP contribution in [0.1, 0.15) is 33.1 Å². The molecule has 0 aliphatic carbocycles. The topological polar surface area (TPSA) is 20.3 Å². The quantitative estimate of drug-likeness (QED) is 0.562. The molecule has 0 N–H and O–H groups in total. The van der Waals surface area contributed by atoms with Gasteiger partial charge in [0.05, 0.1) is 5.54 Å². The molecule has 0 spiro atoms. The summed E-state index contributed by atoms with van der Waals surface area (Å²) in [5.74, 6) is 0. The maximum atomic E-state index is 10.7. The number of piperidine rings is 1. The number of nitrogens with zero attached hydrogens (tertiary/aromatic N) is 1. The fourth-order valence-electron chi connectivity index (χ4n) is 1.54. The molecular formula is C9H17NO. The second-order valence-electron chi connectivity index (χ2n) is 3.82. The Morgan fingerprint density at radius 3 is 2.18 bits per heavy atom. The normalized spacial score (nSPS) is 21.6. The highest BCUT2D eigenvalue weighted by Crippen LogP contribution is 2.18. The predicted octanol–water partition coefficient (Wildman–Crippen LogP) is 1.45. The van der Waals surface area contributed by atoms with Crippen molar-refractivity contribution in [3.63, 3.8) is 0 Å². The molecule has 1 aliphatic heterocycles. The van der Waals surface area contributed by atoms with Crippen molar-refractivity contribution in [2.45, 2.75) is 38.6 Å². The molecule has 0 unspecified atom stereocenters. The molecule has 64 valence electrons. The molecule has 0 saturated carbocycles. The Balaban J connectivity index is 2.50. The zero-order valence-electron chi connectivity index (χ0n) is 7.47. The average molecular weight is 155 g/mol. The highest BCUT2D eigenvalue weighted by Gasteiger charge is 2.26. The summed E-state index contributed by atoms with van der Waals surface area (Å²) in [6.45, 7) is 6.16. The summed E-state index contributed by atoms with van der Waals surface area (Å²) < 4.78 is 0. The van der Waals surface area contributed by atoms with Crippen LogP contribution in [0.4, 0.5) is 0 Å². The Hall–Kier alpha value is -0.370. The van der Waals surface area contributed by atoms with Crippen molar-refractivity contribution in [2.24, 2.45) is 0 Å². The summed E-state index contributed by atoms with van der Waals surface area (Å²) in [7, 11) is 0. The smallest absolute Gasteiger partial charge is 0.139 e. The largest absolute Gasteiger partial charge is 0.301 e. The number of rotatable bonds is 2. The van der Waals surface area contributed by atoms with E-state index >= 15 is 0 Å². The van der Waals surface area contributed by atoms with Crippen molar-refractivity contribution in [1.82, 2.24) is 4.90 Å². The molecule has 1 saturated heterocycles. The molecule has 0 aromatic heterocycles. The number of carbonyl (C=O) groups excluding carboxylic acids is 1. The monoisotopic (exact) mass is 155 g/mol. The minimum absolute atomic E-state index is 0.236. The lowest BCUT2D eigenvalue weighted by molar-refractivity contribution is -0.117. The first-order valence-electron chi connectivity index (χ1n) is 4.38. The van der Waals surface area contributed by atoms with Gasteiger partial charge in [0.2, 0.25) is 0 Å². The molecule has 1 aliphatic rings. The number of carbonyl (C=O) groups is 1. The van der Waals surface area contributed by atoms with Gasteiger partial charge in [0, 0.05) is 0 Å². The first kappa shape index (κ1) is 8.72. The molecule has 1 fully saturated rings. The van der Waals surface area contributed by atoms with Gasteiger partial charge in [-0.25, -0.2) is 0 Å². The van der Waals surface area contributed by atoms with Gasteiger partial charge in [-0.2, -0.15) is 0 Å². The van der Waals surface area contributed by atoms with Crippen LogP contribution in [0.25, 0.3) is 0 Å². The molecule has 0 atom stereocenters. The summed E-state index contributed by atoms with van der Waals surface area (Å²) in [5.41, 5.74) is -0.236. The molecule has 0 radical (unpaired) electrons. The first-order chi connectivity index (χ1) is 5.17. The summed E-state index contributed by atoms with van der Waals surface area (Å²) in [6, 6.07) is 0. The van der Waals surface area contributed by atoms with E-state index in [0.717, 1.165) is 19.4 Å². The van der Waals surface area contributed by atoms with Crippen LogP contribution in [0, 0.1) is 0 Å². The van der Waals surface area contributed by atoms with Crippen molar-refractivity contribution < 1.29 is 4.79 Å². The summed E-state index contributed by atoms with van der Waals surface area (Å²) in [6.07, 6.45) is 4.87. The Morgan fingerprint density at radius 2 is 1.73 bits per heavy atom. The molecule has 0 aromatic rings. The second kappa shape index (κ2) is 3.35. The number of aldehydes is 1. The zero-order chi connectivity index (χ0) is 8.32. The van der Waals surface area contributed by atoms with E-state index in [1.807, 2.05) is 13.8 Å². The second-order valence-corrected chi connectivity index (χ2v) is 3.82. The lowest BCUT2D eigenvalue weighted by atomic mass is 10.0. The standard InChI is InChI=1S/C9H17NO/c1-9(2,8-11)10-6-4-3-5-7-10/h8H,3-7H2,1-2H3. The molecule has 0 aromatic carbocycles. The molecule has 2 nitrogen and oxygen atoms in total. The SMILES string of the molecule is CC(C)(C=O)N1CCCCC1. The van der Waals surface area contributed by atoms with Crippen LogP contribution in [-0.2, 0) is 4.79 Å². The van der Waals surface area contributed by atoms with Gasteiger partial charge in [0.25, 0.3) is 0 Å². The Kier molecular flexibility index (Phi) is 2.66. The van der Waals surface area contributed by atoms with Crippen LogP contribution in [-0.4, -0.2) is 29.8 Å². The first-order valence-corrected chi connectivity index (χ1v) is 4.38. The van der Waals surface area contributed by atoms with Gasteiger partial charge in [-0.15, -0.1) is 0 Å². The fourth-order valence-corrected chi connectivity index (χ4v) is 1.54. The fraction of sp³-hybridized carbons (Fsp3) is 0.889. The third-order valence-electron chi connectivity index (χ3n) is 2.46. The highest BCUT2D eigenvalue weighted by molar-refractivity contribution is 5.62. The molecule has 1 heterocycles. The minimum atomic E-state index is -0.236. The average Bonchev–Trinajstić information content (AvgIpc) is 2.06. The van der Waals surface area contributed by atoms with E-state index < -0.39 is 0 Å². The molecule has 2 heteroatoms. The molecular weight excluding hydrogens is 138 g/mol. The van der Waals surface area contributed by atoms with E-state index in [9.17, 15) is 4.79 Å². The van der Waals surface area contributed by atoms with Crippen LogP contribution in [0.3, 0.4) is 0 Å². The van der Waals surface area contributed by atoms with E-state index in [1.54, 1.807) is 0 Å². The predicted molar refractivity (Wildman–Crippen MR) is 45.6 cm³/mol. The van der Waals surface area contributed by atoms with Gasteiger partial charge < -0.3 is 4.79 Å². The van der Waals surface area contributed by atoms with Gasteiger partial charge >= 0.3 is 0 Å². The lowest BCUT2D eigenvalue weighted by Gasteiger charge is -2.36. The van der Waals surface area contributed by atoms with Crippen molar-refractivity contribution in [1.29, 1.82) is 0 Å². The van der Waals surface area contributed by atoms with E-state index in [0.29, 0.717) is 0 Å². The Morgan fingerprint density at radius 1 is 1.18 bits per heavy atom. The van der Waals surface area contributed by atoms with Crippen molar-refractivity contribution in [3.8, 4) is 0 Å². The minimum Gasteiger partial charge on any atom is -0.301 e. The third kappa shape index (κ3) is 2.03. The van der Waals surface area contributed by atoms with Crippen molar-refractivity contribution in [2.75, 3.05) is 13.1 Å². The lowest BCUT2D eigenvalue weighted by Crippen LogP contribution is -2.47. The molecule has 0 bridgehead atoms. The summed E-state index contributed by atoms with van der Waals surface area (Å²) in [4.78, 5) is 13.0. The maximum absolute atomic E-state index is 10.7. The number of likely N-dealkylation sites (tertiary alicyclic amines) is 1. The third-order valence-corrected chi connectivity index (χ3v) is 2.46. The van der Waals surface area contributed by atoms with Gasteiger partial charge in [0.15, 0.2) is 0 Å². The van der Waals surface area contributed by atoms with Crippen molar-refractivity contribution >= 4 is 6.29 Å². The zero-order valence-corrected chi connectivity index (χ0v) is 7.47. The van der Waals surface area contributed by atoms with Gasteiger partial charge in [0.1, 0.15) is 6.29 Å². The Bertz CT molecular complexity index is 136. The van der Waals surface area contributed by atoms with E-state index in [4.69, 9.17) is 0 Å². The highest BCUT2D eigenvalue weighted by atomic mass is 16.1. The molecule has 1 rings (SSSR count). The van der Waals surface area contributed by atoms with Crippen LogP contribution in [0.5, 0.6) is 0 Å². The van der Waals surface area contributed by atoms with Gasteiger partial charge in [-0.05, 0) is 39.8 Å². The Labute approximate surface area is 68.6 Å². The van der Waals surface area contributed by atoms with Crippen LogP contribution in [0.2, 0.25) is 0 Å². The molecule has 11 heavy (non-hydrogen) atoms. The van der Waals surface area contributed by atoms with E-state index in [1.165, 1.54) is 19.3 Å².